The fraction of sp³-hybridized carbons (Fsp3) is 0.200. The van der Waals surface area contributed by atoms with Crippen molar-refractivity contribution in [3.63, 3.8) is 0 Å². The molecule has 0 aliphatic carbocycles. The maximum absolute atomic E-state index is 14.3. The van der Waals surface area contributed by atoms with Crippen molar-refractivity contribution in [1.82, 2.24) is 9.29 Å². The summed E-state index contributed by atoms with van der Waals surface area (Å²) in [6.07, 6.45) is 1.51. The molecule has 1 amide bonds. The van der Waals surface area contributed by atoms with Gasteiger partial charge in [-0.1, -0.05) is 18.2 Å². The summed E-state index contributed by atoms with van der Waals surface area (Å²) in [5.74, 6) is -1.46. The first-order chi connectivity index (χ1) is 13.9. The van der Waals surface area contributed by atoms with Gasteiger partial charge in [0, 0.05) is 24.0 Å². The Hall–Kier alpha value is -2.88. The molecule has 0 spiro atoms. The van der Waals surface area contributed by atoms with Gasteiger partial charge in [-0.05, 0) is 30.3 Å². The Balaban J connectivity index is 1.61. The first-order valence-corrected chi connectivity index (χ1v) is 10.4. The molecule has 0 saturated carbocycles. The molecule has 1 saturated heterocycles. The third kappa shape index (κ3) is 3.98. The highest BCUT2D eigenvalue weighted by Crippen LogP contribution is 2.23. The Morgan fingerprint density at radius 3 is 2.66 bits per heavy atom. The lowest BCUT2D eigenvalue weighted by atomic mass is 10.2. The lowest BCUT2D eigenvalue weighted by molar-refractivity contribution is 0.0729. The van der Waals surface area contributed by atoms with Gasteiger partial charge >= 0.3 is 0 Å². The van der Waals surface area contributed by atoms with E-state index in [9.17, 15) is 17.6 Å². The first kappa shape index (κ1) is 19.4. The molecule has 150 valence electrons. The van der Waals surface area contributed by atoms with Gasteiger partial charge in [-0.15, -0.1) is 0 Å². The predicted molar refractivity (Wildman–Crippen MR) is 106 cm³/mol. The number of benzene rings is 2. The topological polar surface area (TPSA) is 88.6 Å². The summed E-state index contributed by atoms with van der Waals surface area (Å²) >= 11 is 0. The molecule has 2 aromatic carbocycles. The zero-order valence-electron chi connectivity index (χ0n) is 15.3. The number of rotatable bonds is 4. The number of anilines is 1. The number of fused-ring (bicyclic) bond motifs is 1. The molecule has 29 heavy (non-hydrogen) atoms. The minimum absolute atomic E-state index is 0.0337. The van der Waals surface area contributed by atoms with E-state index in [-0.39, 0.29) is 31.9 Å². The van der Waals surface area contributed by atoms with Crippen LogP contribution >= 0.6 is 0 Å². The number of nitrogens with one attached hydrogen (secondary N) is 1. The highest BCUT2D eigenvalue weighted by atomic mass is 32.2. The number of morpholine rings is 1. The van der Waals surface area contributed by atoms with E-state index in [0.29, 0.717) is 5.69 Å². The van der Waals surface area contributed by atoms with Crippen molar-refractivity contribution in [2.75, 3.05) is 31.6 Å². The van der Waals surface area contributed by atoms with Crippen molar-refractivity contribution >= 4 is 32.5 Å². The molecule has 2 heterocycles. The standard InChI is InChI=1S/C20H18FN3O4S/c21-17-6-5-15(12-19(17)29(26,27)24-7-9-28-10-8-24)20(25)23-16-11-14-3-1-2-4-18(14)22-13-16/h1-6,11-13H,7-10H2,(H,23,25). The van der Waals surface area contributed by atoms with E-state index in [4.69, 9.17) is 4.74 Å². The van der Waals surface area contributed by atoms with Crippen molar-refractivity contribution in [2.24, 2.45) is 0 Å². The summed E-state index contributed by atoms with van der Waals surface area (Å²) in [5.41, 5.74) is 1.27. The zero-order chi connectivity index (χ0) is 20.4. The molecule has 1 aromatic heterocycles. The summed E-state index contributed by atoms with van der Waals surface area (Å²) in [6, 6.07) is 12.5. The molecule has 1 fully saturated rings. The number of sulfonamides is 1. The fourth-order valence-corrected chi connectivity index (χ4v) is 4.61. The molecule has 1 N–H and O–H groups in total. The van der Waals surface area contributed by atoms with Crippen LogP contribution in [0.4, 0.5) is 10.1 Å². The van der Waals surface area contributed by atoms with Crippen LogP contribution in [0.5, 0.6) is 0 Å². The van der Waals surface area contributed by atoms with Gasteiger partial charge in [0.25, 0.3) is 5.91 Å². The van der Waals surface area contributed by atoms with Crippen molar-refractivity contribution in [1.29, 1.82) is 0 Å². The maximum Gasteiger partial charge on any atom is 0.255 e. The van der Waals surface area contributed by atoms with Crippen molar-refractivity contribution < 1.29 is 22.3 Å². The maximum atomic E-state index is 14.3. The summed E-state index contributed by atoms with van der Waals surface area (Å²) in [5, 5.41) is 3.52. The number of amides is 1. The Morgan fingerprint density at radius 1 is 1.10 bits per heavy atom. The zero-order valence-corrected chi connectivity index (χ0v) is 16.2. The van der Waals surface area contributed by atoms with Gasteiger partial charge in [0.1, 0.15) is 10.7 Å². The number of hydrogen-bond donors (Lipinski definition) is 1. The summed E-state index contributed by atoms with van der Waals surface area (Å²) in [7, 11) is -4.06. The lowest BCUT2D eigenvalue weighted by Crippen LogP contribution is -2.41. The highest BCUT2D eigenvalue weighted by molar-refractivity contribution is 7.89. The fourth-order valence-electron chi connectivity index (χ4n) is 3.11. The van der Waals surface area contributed by atoms with Crippen LogP contribution in [0, 0.1) is 5.82 Å². The number of hydrogen-bond acceptors (Lipinski definition) is 5. The Bertz CT molecular complexity index is 1180. The minimum atomic E-state index is -4.06. The van der Waals surface area contributed by atoms with Crippen LogP contribution in [0.2, 0.25) is 0 Å². The smallest absolute Gasteiger partial charge is 0.255 e. The summed E-state index contributed by atoms with van der Waals surface area (Å²) < 4.78 is 46.2. The van der Waals surface area contributed by atoms with E-state index < -0.39 is 26.6 Å². The second kappa shape index (κ2) is 7.86. The van der Waals surface area contributed by atoms with Gasteiger partial charge in [0.15, 0.2) is 0 Å². The van der Waals surface area contributed by atoms with Crippen LogP contribution in [-0.4, -0.2) is 49.9 Å². The van der Waals surface area contributed by atoms with Crippen molar-refractivity contribution in [2.45, 2.75) is 4.90 Å². The number of aromatic nitrogens is 1. The molecule has 1 aliphatic heterocycles. The van der Waals surface area contributed by atoms with Crippen LogP contribution in [0.3, 0.4) is 0 Å². The first-order valence-electron chi connectivity index (χ1n) is 8.99. The highest BCUT2D eigenvalue weighted by Gasteiger charge is 2.29. The number of pyridine rings is 1. The Morgan fingerprint density at radius 2 is 1.86 bits per heavy atom. The van der Waals surface area contributed by atoms with E-state index >= 15 is 0 Å². The van der Waals surface area contributed by atoms with E-state index in [1.165, 1.54) is 12.3 Å². The average molecular weight is 415 g/mol. The predicted octanol–water partition coefficient (Wildman–Crippen LogP) is 2.65. The number of para-hydroxylation sites is 1. The largest absolute Gasteiger partial charge is 0.379 e. The van der Waals surface area contributed by atoms with Crippen LogP contribution in [0.25, 0.3) is 10.9 Å². The molecule has 4 rings (SSSR count). The van der Waals surface area contributed by atoms with E-state index in [1.807, 2.05) is 24.3 Å². The molecule has 0 radical (unpaired) electrons. The molecule has 0 unspecified atom stereocenters. The van der Waals surface area contributed by atoms with Gasteiger partial charge in [-0.3, -0.25) is 9.78 Å². The number of halogens is 1. The number of nitrogens with zero attached hydrogens (tertiary/aromatic N) is 2. The van der Waals surface area contributed by atoms with Crippen LogP contribution in [-0.2, 0) is 14.8 Å². The van der Waals surface area contributed by atoms with Crippen LogP contribution in [0.15, 0.2) is 59.6 Å². The number of carbonyl (C=O) groups excluding carboxylic acids is 1. The van der Waals surface area contributed by atoms with Gasteiger partial charge < -0.3 is 10.1 Å². The monoisotopic (exact) mass is 415 g/mol. The molecule has 0 atom stereocenters. The molecule has 3 aromatic rings. The van der Waals surface area contributed by atoms with Gasteiger partial charge in [-0.2, -0.15) is 4.31 Å². The molecule has 9 heteroatoms. The normalized spacial score (nSPS) is 15.3. The molecular weight excluding hydrogens is 397 g/mol. The minimum Gasteiger partial charge on any atom is -0.379 e. The second-order valence-corrected chi connectivity index (χ2v) is 8.44. The van der Waals surface area contributed by atoms with Crippen molar-refractivity contribution in [3.05, 3.63) is 66.1 Å². The third-order valence-corrected chi connectivity index (χ3v) is 6.54. The molecule has 0 bridgehead atoms. The average Bonchev–Trinajstić information content (AvgIpc) is 2.74. The lowest BCUT2D eigenvalue weighted by Gasteiger charge is -2.26. The molecule has 7 nitrogen and oxygen atoms in total. The summed E-state index contributed by atoms with van der Waals surface area (Å²) in [6.45, 7) is 0.772. The van der Waals surface area contributed by atoms with E-state index in [0.717, 1.165) is 27.3 Å². The van der Waals surface area contributed by atoms with E-state index in [1.54, 1.807) is 6.07 Å². The van der Waals surface area contributed by atoms with E-state index in [2.05, 4.69) is 10.3 Å². The number of ether oxygens (including phenoxy) is 1. The van der Waals surface area contributed by atoms with Crippen molar-refractivity contribution in [3.8, 4) is 0 Å². The van der Waals surface area contributed by atoms with Crippen LogP contribution in [0.1, 0.15) is 10.4 Å². The molecule has 1 aliphatic rings. The SMILES string of the molecule is O=C(Nc1cnc2ccccc2c1)c1ccc(F)c(S(=O)(=O)N2CCOCC2)c1. The summed E-state index contributed by atoms with van der Waals surface area (Å²) in [4.78, 5) is 16.4. The third-order valence-electron chi connectivity index (χ3n) is 4.63. The second-order valence-electron chi connectivity index (χ2n) is 6.53. The Kier molecular flexibility index (Phi) is 5.27. The molecular formula is C20H18FN3O4S. The number of carbonyl (C=O) groups is 1. The van der Waals surface area contributed by atoms with Gasteiger partial charge in [0.05, 0.1) is 30.6 Å². The van der Waals surface area contributed by atoms with Gasteiger partial charge in [-0.25, -0.2) is 12.8 Å². The van der Waals surface area contributed by atoms with Gasteiger partial charge in [0.2, 0.25) is 10.0 Å². The van der Waals surface area contributed by atoms with Crippen LogP contribution < -0.4 is 5.32 Å². The quantitative estimate of drug-likeness (QED) is 0.708. The Labute approximate surface area is 167 Å².